The fraction of sp³-hybridized carbons (Fsp3) is 0.370. The largest absolute Gasteiger partial charge is 0.382 e. The second-order valence-electron chi connectivity index (χ2n) is 9.65. The smallest absolute Gasteiger partial charge is 0.251 e. The maximum atomic E-state index is 12.1. The fourth-order valence-electron chi connectivity index (χ4n) is 5.02. The summed E-state index contributed by atoms with van der Waals surface area (Å²) in [6.07, 6.45) is 2.53. The first-order valence-corrected chi connectivity index (χ1v) is 12.0. The Morgan fingerprint density at radius 1 is 1.09 bits per heavy atom. The molecule has 3 aromatic rings. The number of anilines is 2. The molecule has 5 rings (SSSR count). The Bertz CT molecular complexity index is 1210. The molecule has 2 aliphatic heterocycles. The molecule has 0 saturated carbocycles. The molecule has 3 heterocycles. The number of amides is 1. The molecule has 7 heteroatoms. The molecular formula is C27H32N6O. The number of nitrogens with one attached hydrogen (secondary N) is 1. The van der Waals surface area contributed by atoms with Crippen molar-refractivity contribution in [1.29, 1.82) is 0 Å². The van der Waals surface area contributed by atoms with Crippen LogP contribution >= 0.6 is 0 Å². The highest BCUT2D eigenvalue weighted by Gasteiger charge is 2.26. The number of aromatic nitrogens is 2. The number of carbonyl (C=O) groups excluding carboxylic acids is 1. The number of benzene rings is 2. The molecule has 0 spiro atoms. The molecule has 2 aliphatic rings. The number of piperazine rings is 1. The molecule has 1 amide bonds. The number of nitrogens with two attached hydrogens (primary N) is 1. The van der Waals surface area contributed by atoms with Crippen LogP contribution in [0.15, 0.2) is 48.7 Å². The zero-order valence-corrected chi connectivity index (χ0v) is 20.1. The van der Waals surface area contributed by atoms with Gasteiger partial charge in [0.25, 0.3) is 5.91 Å². The van der Waals surface area contributed by atoms with Gasteiger partial charge in [0.05, 0.1) is 11.9 Å². The van der Waals surface area contributed by atoms with Crippen LogP contribution in [0.25, 0.3) is 22.5 Å². The van der Waals surface area contributed by atoms with Crippen LogP contribution in [0, 0.1) is 5.92 Å². The number of nitrogens with zero attached hydrogens (tertiary/aromatic N) is 4. The Morgan fingerprint density at radius 2 is 1.85 bits per heavy atom. The summed E-state index contributed by atoms with van der Waals surface area (Å²) in [6.45, 7) is 8.37. The number of rotatable bonds is 4. The lowest BCUT2D eigenvalue weighted by molar-refractivity contribution is 0.0946. The third-order valence-electron chi connectivity index (χ3n) is 7.10. The molecule has 1 atom stereocenters. The Kier molecular flexibility index (Phi) is 5.96. The first-order valence-electron chi connectivity index (χ1n) is 12.0. The summed E-state index contributed by atoms with van der Waals surface area (Å²) in [4.78, 5) is 26.3. The third kappa shape index (κ3) is 4.23. The molecule has 0 bridgehead atoms. The van der Waals surface area contributed by atoms with Crippen molar-refractivity contribution in [3.63, 3.8) is 0 Å². The first-order chi connectivity index (χ1) is 16.4. The van der Waals surface area contributed by atoms with Gasteiger partial charge in [-0.15, -0.1) is 0 Å². The van der Waals surface area contributed by atoms with E-state index in [1.807, 2.05) is 18.2 Å². The molecule has 2 aromatic carbocycles. The van der Waals surface area contributed by atoms with Gasteiger partial charge in [-0.3, -0.25) is 9.69 Å². The molecular weight excluding hydrogens is 424 g/mol. The van der Waals surface area contributed by atoms with Crippen molar-refractivity contribution in [2.75, 3.05) is 43.9 Å². The number of fused-ring (bicyclic) bond motifs is 1. The minimum absolute atomic E-state index is 0.0271. The maximum absolute atomic E-state index is 12.1. The van der Waals surface area contributed by atoms with Crippen LogP contribution in [0.3, 0.4) is 0 Å². The molecule has 7 nitrogen and oxygen atoms in total. The molecule has 34 heavy (non-hydrogen) atoms. The molecule has 1 fully saturated rings. The van der Waals surface area contributed by atoms with E-state index in [-0.39, 0.29) is 5.91 Å². The van der Waals surface area contributed by atoms with Crippen molar-refractivity contribution < 1.29 is 4.79 Å². The summed E-state index contributed by atoms with van der Waals surface area (Å²) in [7, 11) is 2.22. The van der Waals surface area contributed by atoms with Crippen LogP contribution in [0.5, 0.6) is 0 Å². The lowest BCUT2D eigenvalue weighted by Gasteiger charge is -2.42. The summed E-state index contributed by atoms with van der Waals surface area (Å²) in [5, 5.41) is 2.88. The number of likely N-dealkylation sites (N-methyl/N-ethyl adjacent to an activating group) is 1. The minimum atomic E-state index is -0.0271. The predicted octanol–water partition coefficient (Wildman–Crippen LogP) is 3.46. The van der Waals surface area contributed by atoms with Gasteiger partial charge >= 0.3 is 0 Å². The number of nitrogen functional groups attached to an aromatic ring is 1. The van der Waals surface area contributed by atoms with Gasteiger partial charge in [-0.25, -0.2) is 9.97 Å². The van der Waals surface area contributed by atoms with Gasteiger partial charge in [0.1, 0.15) is 11.5 Å². The highest BCUT2D eigenvalue weighted by molar-refractivity contribution is 5.97. The summed E-state index contributed by atoms with van der Waals surface area (Å²) in [5.41, 5.74) is 12.5. The van der Waals surface area contributed by atoms with Gasteiger partial charge in [-0.05, 0) is 49.2 Å². The van der Waals surface area contributed by atoms with E-state index in [9.17, 15) is 4.79 Å². The zero-order valence-electron chi connectivity index (χ0n) is 20.1. The van der Waals surface area contributed by atoms with Crippen molar-refractivity contribution in [3.05, 3.63) is 59.8 Å². The van der Waals surface area contributed by atoms with E-state index in [1.165, 1.54) is 5.69 Å². The van der Waals surface area contributed by atoms with E-state index in [0.717, 1.165) is 54.0 Å². The van der Waals surface area contributed by atoms with Gasteiger partial charge in [0, 0.05) is 54.6 Å². The van der Waals surface area contributed by atoms with E-state index < -0.39 is 0 Å². The summed E-state index contributed by atoms with van der Waals surface area (Å²) in [6, 6.07) is 14.9. The maximum Gasteiger partial charge on any atom is 0.251 e. The number of hydrogen-bond acceptors (Lipinski definition) is 6. The minimum Gasteiger partial charge on any atom is -0.382 e. The number of hydrogen-bond donors (Lipinski definition) is 2. The van der Waals surface area contributed by atoms with E-state index in [1.54, 1.807) is 6.20 Å². The second-order valence-corrected chi connectivity index (χ2v) is 9.65. The average Bonchev–Trinajstić information content (AvgIpc) is 2.84. The summed E-state index contributed by atoms with van der Waals surface area (Å²) in [5.74, 6) is 0.979. The van der Waals surface area contributed by atoms with Gasteiger partial charge in [-0.2, -0.15) is 0 Å². The van der Waals surface area contributed by atoms with Crippen molar-refractivity contribution in [3.8, 4) is 22.5 Å². The van der Waals surface area contributed by atoms with E-state index in [4.69, 9.17) is 10.7 Å². The highest BCUT2D eigenvalue weighted by atomic mass is 16.1. The Hall–Kier alpha value is -3.45. The van der Waals surface area contributed by atoms with Crippen molar-refractivity contribution in [2.24, 2.45) is 5.92 Å². The summed E-state index contributed by atoms with van der Waals surface area (Å²) >= 11 is 0. The van der Waals surface area contributed by atoms with Crippen LogP contribution in [-0.2, 0) is 6.42 Å². The average molecular weight is 457 g/mol. The van der Waals surface area contributed by atoms with E-state index >= 15 is 0 Å². The van der Waals surface area contributed by atoms with Gasteiger partial charge < -0.3 is 16.0 Å². The number of carbonyl (C=O) groups is 1. The van der Waals surface area contributed by atoms with Gasteiger partial charge in [-0.1, -0.05) is 32.0 Å². The van der Waals surface area contributed by atoms with Crippen molar-refractivity contribution >= 4 is 17.4 Å². The second kappa shape index (κ2) is 9.06. The van der Waals surface area contributed by atoms with Crippen LogP contribution in [0.1, 0.15) is 29.8 Å². The van der Waals surface area contributed by atoms with Crippen molar-refractivity contribution in [2.45, 2.75) is 26.3 Å². The van der Waals surface area contributed by atoms with E-state index in [0.29, 0.717) is 30.0 Å². The molecule has 176 valence electrons. The molecule has 0 aliphatic carbocycles. The Morgan fingerprint density at radius 3 is 2.62 bits per heavy atom. The monoisotopic (exact) mass is 456 g/mol. The lowest BCUT2D eigenvalue weighted by atomic mass is 9.96. The third-order valence-corrected chi connectivity index (χ3v) is 7.10. The topological polar surface area (TPSA) is 87.4 Å². The van der Waals surface area contributed by atoms with Crippen molar-refractivity contribution in [1.82, 2.24) is 20.2 Å². The van der Waals surface area contributed by atoms with E-state index in [2.05, 4.69) is 65.3 Å². The predicted molar refractivity (Wildman–Crippen MR) is 137 cm³/mol. The quantitative estimate of drug-likeness (QED) is 0.625. The van der Waals surface area contributed by atoms with Gasteiger partial charge in [0.15, 0.2) is 0 Å². The zero-order chi connectivity index (χ0) is 23.8. The SMILES string of the molecule is CC(C)[C@@H]1CN(c2ccc(-c3cnc(N)c(-c4ccc5c(c4)CCNC5=O)n3)cc2)CCN1C. The first kappa shape index (κ1) is 22.3. The standard InChI is InChI=1S/C27H32N6O/c1-17(2)24-16-33(13-12-32(24)3)21-7-4-18(5-8-21)23-15-30-26(28)25(31-23)20-6-9-22-19(14-20)10-11-29-27(22)34/h4-9,14-15,17,24H,10-13,16H2,1-3H3,(H2,28,30)(H,29,34)/t24-/m0/s1. The van der Waals surface area contributed by atoms with Gasteiger partial charge in [0.2, 0.25) is 0 Å². The Labute approximate surface area is 201 Å². The van der Waals surface area contributed by atoms with Crippen LogP contribution in [-0.4, -0.2) is 60.0 Å². The van der Waals surface area contributed by atoms with Crippen LogP contribution in [0.2, 0.25) is 0 Å². The molecule has 1 aromatic heterocycles. The molecule has 3 N–H and O–H groups in total. The normalized spacial score (nSPS) is 18.6. The van der Waals surface area contributed by atoms with Crippen LogP contribution < -0.4 is 16.0 Å². The lowest BCUT2D eigenvalue weighted by Crippen LogP contribution is -2.53. The Balaban J connectivity index is 1.40. The highest BCUT2D eigenvalue weighted by Crippen LogP contribution is 2.30. The van der Waals surface area contributed by atoms with Crippen LogP contribution in [0.4, 0.5) is 11.5 Å². The fourth-order valence-corrected chi connectivity index (χ4v) is 5.02. The molecule has 1 saturated heterocycles. The molecule has 0 radical (unpaired) electrons. The summed E-state index contributed by atoms with van der Waals surface area (Å²) < 4.78 is 0. The molecule has 0 unspecified atom stereocenters.